The van der Waals surface area contributed by atoms with Gasteiger partial charge in [-0.25, -0.2) is 9.28 Å². The lowest BCUT2D eigenvalue weighted by atomic mass is 10.0. The Bertz CT molecular complexity index is 832. The lowest BCUT2D eigenvalue weighted by molar-refractivity contribution is -0.883. The van der Waals surface area contributed by atoms with Crippen LogP contribution in [0.5, 0.6) is 0 Å². The summed E-state index contributed by atoms with van der Waals surface area (Å²) in [6, 6.07) is 18.0. The van der Waals surface area contributed by atoms with Crippen molar-refractivity contribution < 1.29 is 19.5 Å². The quantitative estimate of drug-likeness (QED) is 0.319. The van der Waals surface area contributed by atoms with E-state index >= 15 is 0 Å². The number of nitrogens with zero attached hydrogens (tertiary/aromatic N) is 1. The second kappa shape index (κ2) is 11.5. The van der Waals surface area contributed by atoms with E-state index in [1.54, 1.807) is 11.8 Å². The van der Waals surface area contributed by atoms with Crippen LogP contribution in [0, 0.1) is 0 Å². The Morgan fingerprint density at radius 3 is 2.33 bits per heavy atom. The maximum absolute atomic E-state index is 12.6. The van der Waals surface area contributed by atoms with Crippen LogP contribution in [-0.4, -0.2) is 40.2 Å². The van der Waals surface area contributed by atoms with Gasteiger partial charge in [-0.3, -0.25) is 4.79 Å². The first-order valence-corrected chi connectivity index (χ1v) is 11.4. The minimum absolute atomic E-state index is 0. The molecule has 2 atom stereocenters. The molecule has 5 nitrogen and oxygen atoms in total. The monoisotopic (exact) mass is 449 g/mol. The number of quaternary nitrogens is 1. The molecule has 3 rings (SSSR count). The fourth-order valence-corrected chi connectivity index (χ4v) is 5.38. The lowest BCUT2D eigenvalue weighted by Gasteiger charge is -2.48. The second-order valence-corrected chi connectivity index (χ2v) is 9.34. The van der Waals surface area contributed by atoms with E-state index in [1.807, 2.05) is 42.5 Å². The lowest BCUT2D eigenvalue weighted by Crippen LogP contribution is -2.70. The number of hydrogen-bond acceptors (Lipinski definition) is 3. The average Bonchev–Trinajstić information content (AvgIpc) is 2.71. The van der Waals surface area contributed by atoms with E-state index in [0.29, 0.717) is 13.0 Å². The Hall–Kier alpha value is -1.86. The molecule has 30 heavy (non-hydrogen) atoms. The molecule has 1 heterocycles. The summed E-state index contributed by atoms with van der Waals surface area (Å²) in [6.07, 6.45) is 5.71. The zero-order valence-corrected chi connectivity index (χ0v) is 18.6. The fraction of sp³-hybridized carbons (Fsp3) is 0.391. The van der Waals surface area contributed by atoms with Gasteiger partial charge in [-0.1, -0.05) is 60.1 Å². The van der Waals surface area contributed by atoms with Crippen LogP contribution < -0.4 is 5.73 Å². The smallest absolute Gasteiger partial charge is 0.322 e. The van der Waals surface area contributed by atoms with Crippen LogP contribution in [-0.2, 0) is 16.0 Å². The highest BCUT2D eigenvalue weighted by Gasteiger charge is 2.56. The van der Waals surface area contributed by atoms with Gasteiger partial charge in [-0.2, -0.15) is 0 Å². The molecular formula is C23H30ClN2O3S+. The van der Waals surface area contributed by atoms with Crippen molar-refractivity contribution in [2.45, 2.75) is 48.8 Å². The predicted octanol–water partition coefficient (Wildman–Crippen LogP) is 3.97. The Morgan fingerprint density at radius 2 is 1.70 bits per heavy atom. The fourth-order valence-electron chi connectivity index (χ4n) is 3.90. The number of β-lactam (4-membered cyclic amide) rings is 1. The van der Waals surface area contributed by atoms with E-state index in [2.05, 4.69) is 12.1 Å². The highest BCUT2D eigenvalue weighted by molar-refractivity contribution is 7.99. The summed E-state index contributed by atoms with van der Waals surface area (Å²) < 4.78 is 0.200. The molecular weight excluding hydrogens is 420 g/mol. The molecule has 0 radical (unpaired) electrons. The van der Waals surface area contributed by atoms with Crippen molar-refractivity contribution in [1.29, 1.82) is 0 Å². The summed E-state index contributed by atoms with van der Waals surface area (Å²) in [5.41, 5.74) is 6.80. The third-order valence-corrected chi connectivity index (χ3v) is 7.17. The van der Waals surface area contributed by atoms with Gasteiger partial charge >= 0.3 is 5.91 Å². The number of carbonyl (C=O) groups excluding carboxylic acids is 2. The van der Waals surface area contributed by atoms with E-state index in [-0.39, 0.29) is 27.8 Å². The first kappa shape index (κ1) is 24.4. The van der Waals surface area contributed by atoms with Gasteiger partial charge in [0.25, 0.3) is 5.91 Å². The normalized spacial score (nSPS) is 20.3. The first-order valence-electron chi connectivity index (χ1n) is 10.1. The van der Waals surface area contributed by atoms with Crippen LogP contribution in [0.15, 0.2) is 59.5 Å². The van der Waals surface area contributed by atoms with Gasteiger partial charge in [0.15, 0.2) is 11.9 Å². The molecule has 1 aliphatic rings. The van der Waals surface area contributed by atoms with Crippen molar-refractivity contribution in [3.8, 4) is 0 Å². The van der Waals surface area contributed by atoms with Crippen molar-refractivity contribution in [2.75, 3.05) is 13.1 Å². The molecule has 2 aromatic carbocycles. The van der Waals surface area contributed by atoms with Crippen molar-refractivity contribution in [3.05, 3.63) is 65.2 Å². The number of amides is 2. The van der Waals surface area contributed by atoms with Gasteiger partial charge in [-0.15, -0.1) is 0 Å². The summed E-state index contributed by atoms with van der Waals surface area (Å²) in [5, 5.41) is 0.839. The van der Waals surface area contributed by atoms with Crippen LogP contribution >= 0.6 is 23.4 Å². The number of halogens is 1. The van der Waals surface area contributed by atoms with E-state index in [9.17, 15) is 9.59 Å². The molecule has 1 fully saturated rings. The number of benzene rings is 2. The molecule has 7 heteroatoms. The summed E-state index contributed by atoms with van der Waals surface area (Å²) in [5.74, 6) is -0.266. The van der Waals surface area contributed by atoms with E-state index in [0.717, 1.165) is 42.0 Å². The average molecular weight is 450 g/mol. The second-order valence-electron chi connectivity index (χ2n) is 7.66. The maximum Gasteiger partial charge on any atom is 0.322 e. The first-order chi connectivity index (χ1) is 14.0. The van der Waals surface area contributed by atoms with Crippen molar-refractivity contribution in [1.82, 2.24) is 0 Å². The van der Waals surface area contributed by atoms with Crippen molar-refractivity contribution in [2.24, 2.45) is 5.73 Å². The highest BCUT2D eigenvalue weighted by atomic mass is 35.5. The third-order valence-electron chi connectivity index (χ3n) is 5.54. The number of primary amides is 1. The van der Waals surface area contributed by atoms with Gasteiger partial charge in [0.05, 0.1) is 6.54 Å². The van der Waals surface area contributed by atoms with Gasteiger partial charge in [0.2, 0.25) is 0 Å². The molecule has 0 saturated carbocycles. The predicted molar refractivity (Wildman–Crippen MR) is 122 cm³/mol. The van der Waals surface area contributed by atoms with Crippen LogP contribution in [0.25, 0.3) is 0 Å². The van der Waals surface area contributed by atoms with Gasteiger partial charge < -0.3 is 11.2 Å². The van der Waals surface area contributed by atoms with Crippen molar-refractivity contribution >= 4 is 35.2 Å². The number of rotatable bonds is 11. The Morgan fingerprint density at radius 1 is 1.03 bits per heavy atom. The Balaban J connectivity index is 0.00000320. The number of nitrogens with two attached hydrogens (primary N) is 1. The number of hydrogen-bond donors (Lipinski definition) is 1. The summed E-state index contributed by atoms with van der Waals surface area (Å²) in [7, 11) is 0. The largest absolute Gasteiger partial charge is 0.412 e. The Kier molecular flexibility index (Phi) is 9.37. The highest BCUT2D eigenvalue weighted by Crippen LogP contribution is 2.41. The van der Waals surface area contributed by atoms with Crippen molar-refractivity contribution in [3.63, 3.8) is 0 Å². The van der Waals surface area contributed by atoms with Gasteiger partial charge in [0.1, 0.15) is 6.42 Å². The molecule has 0 bridgehead atoms. The van der Waals surface area contributed by atoms with Crippen LogP contribution in [0.3, 0.4) is 0 Å². The number of carbonyl (C=O) groups is 2. The summed E-state index contributed by atoms with van der Waals surface area (Å²) in [4.78, 5) is 25.4. The molecule has 4 N–H and O–H groups in total. The minimum atomic E-state index is -0.403. The maximum atomic E-state index is 12.6. The molecule has 0 aromatic heterocycles. The van der Waals surface area contributed by atoms with Crippen LogP contribution in [0.4, 0.5) is 0 Å². The summed E-state index contributed by atoms with van der Waals surface area (Å²) in [6.45, 7) is 0.793. The van der Waals surface area contributed by atoms with Gasteiger partial charge in [-0.05, 0) is 55.5 Å². The van der Waals surface area contributed by atoms with Crippen LogP contribution in [0.2, 0.25) is 5.02 Å². The molecule has 0 spiro atoms. The molecule has 0 aliphatic carbocycles. The van der Waals surface area contributed by atoms with Crippen LogP contribution in [0.1, 0.15) is 37.7 Å². The number of likely N-dealkylation sites (tertiary alicyclic amines) is 1. The Labute approximate surface area is 187 Å². The molecule has 2 unspecified atom stereocenters. The third kappa shape index (κ3) is 6.32. The standard InChI is InChI=1S/C23H27ClN2O2S.H2O/c24-19-13-11-18(12-14-19)8-4-1-2-7-15-26(17-21(25)27)22(28)16-23(26)29-20-9-5-3-6-10-20;/h3,5-6,9-14,23H,1-2,4,7-8,15-17H2,(H-,25,27);1H2/p+1. The van der Waals surface area contributed by atoms with Gasteiger partial charge in [0, 0.05) is 9.92 Å². The minimum Gasteiger partial charge on any atom is -0.412 e. The number of unbranched alkanes of at least 4 members (excludes halogenated alkanes) is 3. The summed E-state index contributed by atoms with van der Waals surface area (Å²) >= 11 is 7.61. The van der Waals surface area contributed by atoms with E-state index in [4.69, 9.17) is 17.3 Å². The van der Waals surface area contributed by atoms with E-state index in [1.165, 1.54) is 5.56 Å². The zero-order chi connectivity index (χ0) is 20.7. The number of thioether (sulfide) groups is 1. The van der Waals surface area contributed by atoms with E-state index < -0.39 is 5.91 Å². The molecule has 1 saturated heterocycles. The topological polar surface area (TPSA) is 91.7 Å². The SMILES string of the molecule is NC(=O)C[N+]1(CCCCCCc2ccc(Cl)cc2)C(=O)CC1Sc1ccccc1.O. The molecule has 2 amide bonds. The molecule has 162 valence electrons. The molecule has 2 aromatic rings. The number of aryl methyl sites for hydroxylation is 1. The molecule has 1 aliphatic heterocycles. The zero-order valence-electron chi connectivity index (χ0n) is 17.1.